The molecule has 1 unspecified atom stereocenters. The molecule has 0 radical (unpaired) electrons. The number of β-amino-alcohol motifs (C(OH)–C–C–N with tert-alkyl or cyclic N) is 1. The van der Waals surface area contributed by atoms with Gasteiger partial charge in [-0.3, -0.25) is 4.90 Å². The van der Waals surface area contributed by atoms with Gasteiger partial charge in [0.05, 0.1) is 10.0 Å². The summed E-state index contributed by atoms with van der Waals surface area (Å²) >= 11 is 18.0. The normalized spacial score (nSPS) is 17.2. The molecule has 0 amide bonds. The summed E-state index contributed by atoms with van der Waals surface area (Å²) in [4.78, 5) is 2.00. The van der Waals surface area contributed by atoms with Crippen molar-refractivity contribution in [1.29, 1.82) is 0 Å². The Balaban J connectivity index is 1.52. The van der Waals surface area contributed by atoms with E-state index in [1.807, 2.05) is 4.90 Å². The first-order valence-corrected chi connectivity index (χ1v) is 11.6. The summed E-state index contributed by atoms with van der Waals surface area (Å²) in [5.41, 5.74) is 0. The molecule has 6 nitrogen and oxygen atoms in total. The summed E-state index contributed by atoms with van der Waals surface area (Å²) in [6.45, 7) is 2.03. The van der Waals surface area contributed by atoms with Gasteiger partial charge in [0.15, 0.2) is 0 Å². The third-order valence-corrected chi connectivity index (χ3v) is 7.51. The molecule has 0 aliphatic carbocycles. The zero-order chi connectivity index (χ0) is 21.0. The Bertz CT molecular complexity index is 950. The standard InChI is InChI=1S/C19H21Cl3N2O4S/c20-14-5-6-17(22)19(11-14)29(26,27)24-9-7-23(8-10-24)12-15(25)13-28-18-4-2-1-3-16(18)21/h1-6,11,15,25H,7-10,12-13H2. The predicted octanol–water partition coefficient (Wildman–Crippen LogP) is 3.39. The fraction of sp³-hybridized carbons (Fsp3) is 0.368. The van der Waals surface area contributed by atoms with Crippen LogP contribution in [-0.4, -0.2) is 68.2 Å². The van der Waals surface area contributed by atoms with Crippen molar-refractivity contribution in [3.63, 3.8) is 0 Å². The van der Waals surface area contributed by atoms with Crippen LogP contribution in [0.4, 0.5) is 0 Å². The molecule has 1 saturated heterocycles. The van der Waals surface area contributed by atoms with Gasteiger partial charge < -0.3 is 9.84 Å². The Labute approximate surface area is 185 Å². The highest BCUT2D eigenvalue weighted by molar-refractivity contribution is 7.89. The van der Waals surface area contributed by atoms with Crippen molar-refractivity contribution < 1.29 is 18.3 Å². The van der Waals surface area contributed by atoms with Crippen molar-refractivity contribution in [3.8, 4) is 5.75 Å². The number of rotatable bonds is 7. The van der Waals surface area contributed by atoms with Crippen molar-refractivity contribution >= 4 is 44.8 Å². The van der Waals surface area contributed by atoms with Crippen LogP contribution in [0.15, 0.2) is 47.4 Å². The molecule has 10 heteroatoms. The van der Waals surface area contributed by atoms with E-state index in [1.54, 1.807) is 30.3 Å². The Morgan fingerprint density at radius 2 is 1.69 bits per heavy atom. The zero-order valence-electron chi connectivity index (χ0n) is 15.5. The molecule has 1 N–H and O–H groups in total. The van der Waals surface area contributed by atoms with Gasteiger partial charge in [-0.25, -0.2) is 8.42 Å². The van der Waals surface area contributed by atoms with Gasteiger partial charge in [-0.1, -0.05) is 46.9 Å². The monoisotopic (exact) mass is 478 g/mol. The number of benzene rings is 2. The van der Waals surface area contributed by atoms with E-state index < -0.39 is 16.1 Å². The van der Waals surface area contributed by atoms with Crippen LogP contribution in [-0.2, 0) is 10.0 Å². The van der Waals surface area contributed by atoms with Crippen molar-refractivity contribution in [1.82, 2.24) is 9.21 Å². The first-order chi connectivity index (χ1) is 13.8. The van der Waals surface area contributed by atoms with Gasteiger partial charge in [-0.2, -0.15) is 4.31 Å². The van der Waals surface area contributed by atoms with Crippen LogP contribution < -0.4 is 4.74 Å². The molecule has 1 atom stereocenters. The summed E-state index contributed by atoms with van der Waals surface area (Å²) in [6.07, 6.45) is -0.725. The van der Waals surface area contributed by atoms with Crippen molar-refractivity contribution in [3.05, 3.63) is 57.5 Å². The first-order valence-electron chi connectivity index (χ1n) is 9.00. The van der Waals surface area contributed by atoms with Crippen molar-refractivity contribution in [2.45, 2.75) is 11.0 Å². The molecule has 29 heavy (non-hydrogen) atoms. The highest BCUT2D eigenvalue weighted by Gasteiger charge is 2.30. The fourth-order valence-corrected chi connectivity index (χ4v) is 5.41. The van der Waals surface area contributed by atoms with Crippen LogP contribution in [0, 0.1) is 0 Å². The molecule has 0 spiro atoms. The van der Waals surface area contributed by atoms with Gasteiger partial charge in [0.25, 0.3) is 0 Å². The average molecular weight is 480 g/mol. The lowest BCUT2D eigenvalue weighted by Gasteiger charge is -2.35. The van der Waals surface area contributed by atoms with Crippen LogP contribution in [0.1, 0.15) is 0 Å². The third-order valence-electron chi connectivity index (χ3n) is 4.58. The van der Waals surface area contributed by atoms with E-state index in [0.29, 0.717) is 48.5 Å². The third kappa shape index (κ3) is 5.76. The molecule has 0 saturated carbocycles. The van der Waals surface area contributed by atoms with Gasteiger partial charge in [-0.15, -0.1) is 0 Å². The Morgan fingerprint density at radius 1 is 1.00 bits per heavy atom. The van der Waals surface area contributed by atoms with Crippen LogP contribution in [0.3, 0.4) is 0 Å². The van der Waals surface area contributed by atoms with E-state index >= 15 is 0 Å². The highest BCUT2D eigenvalue weighted by Crippen LogP contribution is 2.28. The quantitative estimate of drug-likeness (QED) is 0.659. The second-order valence-corrected chi connectivity index (χ2v) is 9.83. The number of aliphatic hydroxyl groups excluding tert-OH is 1. The lowest BCUT2D eigenvalue weighted by atomic mass is 10.3. The van der Waals surface area contributed by atoms with Crippen molar-refractivity contribution in [2.24, 2.45) is 0 Å². The number of nitrogens with zero attached hydrogens (tertiary/aromatic N) is 2. The van der Waals surface area contributed by atoms with Crippen LogP contribution in [0.25, 0.3) is 0 Å². The summed E-state index contributed by atoms with van der Waals surface area (Å²) < 4.78 is 32.7. The SMILES string of the molecule is O=S(=O)(c1cc(Cl)ccc1Cl)N1CCN(CC(O)COc2ccccc2Cl)CC1. The van der Waals surface area contributed by atoms with E-state index in [1.165, 1.54) is 16.4 Å². The van der Waals surface area contributed by atoms with Crippen LogP contribution >= 0.6 is 34.8 Å². The molecule has 0 aromatic heterocycles. The number of aliphatic hydroxyl groups is 1. The van der Waals surface area contributed by atoms with Gasteiger partial charge in [0.2, 0.25) is 10.0 Å². The lowest BCUT2D eigenvalue weighted by molar-refractivity contribution is 0.0569. The number of hydrogen-bond donors (Lipinski definition) is 1. The van der Waals surface area contributed by atoms with Gasteiger partial charge >= 0.3 is 0 Å². The summed E-state index contributed by atoms with van der Waals surface area (Å²) in [6, 6.07) is 11.4. The topological polar surface area (TPSA) is 70.1 Å². The van der Waals surface area contributed by atoms with E-state index in [4.69, 9.17) is 39.5 Å². The minimum Gasteiger partial charge on any atom is -0.489 e. The fourth-order valence-electron chi connectivity index (χ4n) is 3.06. The first kappa shape index (κ1) is 22.6. The summed E-state index contributed by atoms with van der Waals surface area (Å²) in [5.74, 6) is 0.516. The Morgan fingerprint density at radius 3 is 2.38 bits per heavy atom. The number of ether oxygens (including phenoxy) is 1. The Kier molecular flexibility index (Phi) is 7.67. The van der Waals surface area contributed by atoms with Crippen LogP contribution in [0.5, 0.6) is 5.75 Å². The molecular formula is C19H21Cl3N2O4S. The smallest absolute Gasteiger partial charge is 0.244 e. The van der Waals surface area contributed by atoms with E-state index in [9.17, 15) is 13.5 Å². The highest BCUT2D eigenvalue weighted by atomic mass is 35.5. The molecule has 158 valence electrons. The molecule has 1 aliphatic rings. The molecule has 1 aliphatic heterocycles. The van der Waals surface area contributed by atoms with Crippen molar-refractivity contribution in [2.75, 3.05) is 39.3 Å². The molecule has 1 fully saturated rings. The minimum absolute atomic E-state index is 0.00768. The largest absolute Gasteiger partial charge is 0.489 e. The van der Waals surface area contributed by atoms with Crippen LogP contribution in [0.2, 0.25) is 15.1 Å². The van der Waals surface area contributed by atoms with Gasteiger partial charge in [0, 0.05) is 37.7 Å². The maximum Gasteiger partial charge on any atom is 0.244 e. The number of hydrogen-bond acceptors (Lipinski definition) is 5. The molecule has 2 aromatic rings. The van der Waals surface area contributed by atoms with E-state index in [-0.39, 0.29) is 16.5 Å². The molecule has 0 bridgehead atoms. The maximum absolute atomic E-state index is 12.9. The molecule has 1 heterocycles. The van der Waals surface area contributed by atoms with E-state index in [2.05, 4.69) is 0 Å². The summed E-state index contributed by atoms with van der Waals surface area (Å²) in [7, 11) is -3.73. The van der Waals surface area contributed by atoms with Gasteiger partial charge in [-0.05, 0) is 30.3 Å². The number of para-hydroxylation sites is 1. The zero-order valence-corrected chi connectivity index (χ0v) is 18.6. The molecule has 3 rings (SSSR count). The second kappa shape index (κ2) is 9.83. The summed E-state index contributed by atoms with van der Waals surface area (Å²) in [5, 5.41) is 11.2. The number of sulfonamides is 1. The Hall–Kier alpha value is -1.06. The maximum atomic E-state index is 12.9. The van der Waals surface area contributed by atoms with E-state index in [0.717, 1.165) is 0 Å². The predicted molar refractivity (Wildman–Crippen MR) is 115 cm³/mol. The second-order valence-electron chi connectivity index (χ2n) is 6.67. The molecular weight excluding hydrogens is 459 g/mol. The molecule has 2 aromatic carbocycles. The average Bonchev–Trinajstić information content (AvgIpc) is 2.69. The number of halogens is 3. The minimum atomic E-state index is -3.73. The van der Waals surface area contributed by atoms with Gasteiger partial charge in [0.1, 0.15) is 23.4 Å². The number of piperazine rings is 1. The lowest BCUT2D eigenvalue weighted by Crippen LogP contribution is -2.50.